The van der Waals surface area contributed by atoms with Gasteiger partial charge in [-0.3, -0.25) is 4.98 Å². The largest absolute Gasteiger partial charge is 0.369 e. The molecule has 0 aliphatic carbocycles. The van der Waals surface area contributed by atoms with E-state index in [0.29, 0.717) is 5.92 Å². The molecule has 2 atom stereocenters. The predicted molar refractivity (Wildman–Crippen MR) is 82.1 cm³/mol. The molecule has 2 aromatic rings. The van der Waals surface area contributed by atoms with Gasteiger partial charge in [-0.2, -0.15) is 5.10 Å². The van der Waals surface area contributed by atoms with Crippen molar-refractivity contribution in [3.63, 3.8) is 0 Å². The molecular weight excluding hydrogens is 264 g/mol. The lowest BCUT2D eigenvalue weighted by Gasteiger charge is -2.32. The van der Waals surface area contributed by atoms with Crippen LogP contribution < -0.4 is 5.32 Å². The molecule has 0 spiro atoms. The standard InChI is InChI=1S/C16H24N4O/c1-15(2)8-12(16(3,4)21-15)14(17-5)11-9-19-20-7-6-18-10-13(11)20/h6-7,9-10,12,14,17H,8H2,1-5H3. The first-order valence-corrected chi connectivity index (χ1v) is 7.49. The maximum atomic E-state index is 6.26. The Morgan fingerprint density at radius 2 is 2.10 bits per heavy atom. The molecule has 3 heterocycles. The van der Waals surface area contributed by atoms with E-state index in [1.54, 1.807) is 6.20 Å². The van der Waals surface area contributed by atoms with Crippen LogP contribution in [0.3, 0.4) is 0 Å². The zero-order valence-corrected chi connectivity index (χ0v) is 13.4. The second kappa shape index (κ2) is 4.78. The number of aromatic nitrogens is 3. The number of nitrogens with one attached hydrogen (secondary N) is 1. The third-order valence-corrected chi connectivity index (χ3v) is 4.55. The van der Waals surface area contributed by atoms with Crippen molar-refractivity contribution < 1.29 is 4.74 Å². The fraction of sp³-hybridized carbons (Fsp3) is 0.625. The van der Waals surface area contributed by atoms with Gasteiger partial charge in [0.05, 0.1) is 29.1 Å². The third kappa shape index (κ3) is 2.45. The van der Waals surface area contributed by atoms with E-state index in [2.05, 4.69) is 43.1 Å². The SMILES string of the molecule is CNC(c1cnn2ccncc12)C1CC(C)(C)OC1(C)C. The van der Waals surface area contributed by atoms with Gasteiger partial charge in [-0.15, -0.1) is 0 Å². The Bertz CT molecular complexity index is 647. The number of nitrogens with zero attached hydrogens (tertiary/aromatic N) is 3. The van der Waals surface area contributed by atoms with Gasteiger partial charge in [-0.05, 0) is 41.2 Å². The molecule has 5 nitrogen and oxygen atoms in total. The van der Waals surface area contributed by atoms with Gasteiger partial charge in [-0.1, -0.05) is 0 Å². The van der Waals surface area contributed by atoms with Crippen molar-refractivity contribution >= 4 is 5.52 Å². The molecule has 0 bridgehead atoms. The maximum absolute atomic E-state index is 6.26. The molecule has 5 heteroatoms. The average molecular weight is 288 g/mol. The third-order valence-electron chi connectivity index (χ3n) is 4.55. The minimum Gasteiger partial charge on any atom is -0.369 e. The Morgan fingerprint density at radius 3 is 2.71 bits per heavy atom. The fourth-order valence-corrected chi connectivity index (χ4v) is 3.79. The molecule has 2 unspecified atom stereocenters. The van der Waals surface area contributed by atoms with E-state index >= 15 is 0 Å². The number of ether oxygens (including phenoxy) is 1. The summed E-state index contributed by atoms with van der Waals surface area (Å²) >= 11 is 0. The molecule has 0 aromatic carbocycles. The van der Waals surface area contributed by atoms with E-state index in [9.17, 15) is 0 Å². The number of hydrogen-bond acceptors (Lipinski definition) is 4. The van der Waals surface area contributed by atoms with Gasteiger partial charge in [0.1, 0.15) is 0 Å². The number of hydrogen-bond donors (Lipinski definition) is 1. The van der Waals surface area contributed by atoms with Gasteiger partial charge in [0.25, 0.3) is 0 Å². The molecule has 2 aromatic heterocycles. The molecule has 1 N–H and O–H groups in total. The highest BCUT2D eigenvalue weighted by Gasteiger charge is 2.49. The summed E-state index contributed by atoms with van der Waals surface area (Å²) in [6.07, 6.45) is 8.47. The van der Waals surface area contributed by atoms with Crippen molar-refractivity contribution in [3.05, 3.63) is 30.4 Å². The summed E-state index contributed by atoms with van der Waals surface area (Å²) in [4.78, 5) is 4.23. The summed E-state index contributed by atoms with van der Waals surface area (Å²) in [5.41, 5.74) is 1.97. The molecule has 114 valence electrons. The maximum Gasteiger partial charge on any atom is 0.0892 e. The zero-order chi connectivity index (χ0) is 15.3. The normalized spacial score (nSPS) is 25.3. The molecule has 1 aliphatic rings. The van der Waals surface area contributed by atoms with Crippen molar-refractivity contribution in [2.24, 2.45) is 5.92 Å². The van der Waals surface area contributed by atoms with E-state index < -0.39 is 0 Å². The first-order valence-electron chi connectivity index (χ1n) is 7.49. The summed E-state index contributed by atoms with van der Waals surface area (Å²) in [5, 5.41) is 7.91. The highest BCUT2D eigenvalue weighted by atomic mass is 16.5. The van der Waals surface area contributed by atoms with Gasteiger partial charge in [0.15, 0.2) is 0 Å². The Kier molecular flexibility index (Phi) is 3.30. The van der Waals surface area contributed by atoms with Crippen LogP contribution in [-0.2, 0) is 4.74 Å². The van der Waals surface area contributed by atoms with E-state index in [0.717, 1.165) is 11.9 Å². The Labute approximate surface area is 125 Å². The van der Waals surface area contributed by atoms with Crippen molar-refractivity contribution in [1.29, 1.82) is 0 Å². The minimum absolute atomic E-state index is 0.0928. The predicted octanol–water partition coefficient (Wildman–Crippen LogP) is 2.58. The smallest absolute Gasteiger partial charge is 0.0892 e. The molecule has 1 aliphatic heterocycles. The number of rotatable bonds is 3. The second-order valence-corrected chi connectivity index (χ2v) is 7.05. The Hall–Kier alpha value is -1.46. The second-order valence-electron chi connectivity index (χ2n) is 7.05. The van der Waals surface area contributed by atoms with Crippen molar-refractivity contribution in [1.82, 2.24) is 19.9 Å². The van der Waals surface area contributed by atoms with Crippen LogP contribution in [0.15, 0.2) is 24.8 Å². The van der Waals surface area contributed by atoms with Crippen LogP contribution in [0.1, 0.15) is 45.7 Å². The lowest BCUT2D eigenvalue weighted by atomic mass is 9.79. The van der Waals surface area contributed by atoms with Gasteiger partial charge in [-0.25, -0.2) is 4.52 Å². The average Bonchev–Trinajstić information content (AvgIpc) is 2.90. The van der Waals surface area contributed by atoms with E-state index in [4.69, 9.17) is 4.74 Å². The fourth-order valence-electron chi connectivity index (χ4n) is 3.79. The van der Waals surface area contributed by atoms with Gasteiger partial charge < -0.3 is 10.1 Å². The van der Waals surface area contributed by atoms with Crippen molar-refractivity contribution in [2.45, 2.75) is 51.4 Å². The van der Waals surface area contributed by atoms with Crippen LogP contribution in [0.25, 0.3) is 5.52 Å². The topological polar surface area (TPSA) is 51.5 Å². The molecule has 0 saturated carbocycles. The minimum atomic E-state index is -0.173. The summed E-state index contributed by atoms with van der Waals surface area (Å²) in [5.74, 6) is 0.380. The van der Waals surface area contributed by atoms with Crippen molar-refractivity contribution in [2.75, 3.05) is 7.05 Å². The molecule has 3 rings (SSSR count). The van der Waals surface area contributed by atoms with Gasteiger partial charge in [0.2, 0.25) is 0 Å². The zero-order valence-electron chi connectivity index (χ0n) is 13.4. The monoisotopic (exact) mass is 288 g/mol. The van der Waals surface area contributed by atoms with E-state index in [1.165, 1.54) is 5.56 Å². The highest BCUT2D eigenvalue weighted by Crippen LogP contribution is 2.47. The lowest BCUT2D eigenvalue weighted by molar-refractivity contribution is -0.0776. The van der Waals surface area contributed by atoms with Crippen LogP contribution in [0.2, 0.25) is 0 Å². The summed E-state index contributed by atoms with van der Waals surface area (Å²) in [6, 6.07) is 0.198. The molecule has 21 heavy (non-hydrogen) atoms. The molecular formula is C16H24N4O. The van der Waals surface area contributed by atoms with Crippen LogP contribution in [0, 0.1) is 5.92 Å². The summed E-state index contributed by atoms with van der Waals surface area (Å²) in [7, 11) is 2.01. The Morgan fingerprint density at radius 1 is 1.33 bits per heavy atom. The first kappa shape index (κ1) is 14.5. The number of fused-ring (bicyclic) bond motifs is 1. The summed E-state index contributed by atoms with van der Waals surface area (Å²) < 4.78 is 8.13. The van der Waals surface area contributed by atoms with E-state index in [1.807, 2.05) is 30.2 Å². The molecule has 0 amide bonds. The van der Waals surface area contributed by atoms with Gasteiger partial charge in [0, 0.05) is 29.9 Å². The molecule has 1 saturated heterocycles. The van der Waals surface area contributed by atoms with Crippen LogP contribution in [-0.4, -0.2) is 32.8 Å². The summed E-state index contributed by atoms with van der Waals surface area (Å²) in [6.45, 7) is 8.69. The lowest BCUT2D eigenvalue weighted by Crippen LogP contribution is -2.37. The Balaban J connectivity index is 2.03. The molecule has 1 fully saturated rings. The van der Waals surface area contributed by atoms with Crippen LogP contribution >= 0.6 is 0 Å². The van der Waals surface area contributed by atoms with Crippen molar-refractivity contribution in [3.8, 4) is 0 Å². The highest BCUT2D eigenvalue weighted by molar-refractivity contribution is 5.53. The first-order chi connectivity index (χ1) is 9.84. The van der Waals surface area contributed by atoms with Crippen LogP contribution in [0.5, 0.6) is 0 Å². The van der Waals surface area contributed by atoms with Gasteiger partial charge >= 0.3 is 0 Å². The van der Waals surface area contributed by atoms with Crippen LogP contribution in [0.4, 0.5) is 0 Å². The van der Waals surface area contributed by atoms with E-state index in [-0.39, 0.29) is 17.2 Å². The quantitative estimate of drug-likeness (QED) is 0.943. The molecule has 0 radical (unpaired) electrons.